The lowest BCUT2D eigenvalue weighted by Gasteiger charge is -2.29. The lowest BCUT2D eigenvalue weighted by molar-refractivity contribution is -0.142. The second kappa shape index (κ2) is 55.8. The third-order valence-corrected chi connectivity index (χ3v) is 21.3. The molecule has 0 saturated carbocycles. The smallest absolute Gasteiger partial charge is 0.326 e. The van der Waals surface area contributed by atoms with Gasteiger partial charge in [-0.1, -0.05) is 88.4 Å². The standard InChI is InChI=1S/C89H128N28O19/c1-47(2)36-64(110-73(123)58(90)38-52-12-7-31-100-44-52)77(127)112-66(39-49-19-25-54(119)26-20-49)80(130)115-69(42-53-45-105-59-14-6-5-13-57(53)59)82(132)117-71(46-118)84(134)114-68(41-51-23-29-56(121)30-24-51)79(129)111-65(37-48(3)4)78(128)113-67(40-50-21-27-55(120)28-22-50)81(131)116-70(43-72(91)122)83(133)108-61(16-9-33-102-87(94)95)75(125)106-60(15-8-32-101-86(92)93)74(124)107-62(17-10-34-103-88(96)97)76(126)109-63(85(135)136)18-11-35-104-89(98)99/h5-7,12-14,19-31,44-45,47-48,58,60-71,105,118-121H,8-11,15-18,32-43,46,90H2,1-4H3,(H2,91,122)(H,106,125)(H,107,124)(H,108,133)(H,109,126)(H,110,123)(H,111,129)(H,112,127)(H,113,128)(H,114,134)(H,115,130)(H,116,131)(H,117,132)(H,135,136)(H4,92,93,101)(H4,94,95,102)(H4,96,97,103)(H4,98,99,104)/t58-,60-,61-,62-,63-,64-,65-,66-,67-,68-,69-,70-,71-/m0/s1. The number of aliphatic hydroxyl groups is 1. The number of aromatic amines is 1. The number of hydrogen-bond acceptors (Lipinski definition) is 24. The Bertz CT molecular complexity index is 5070. The number of H-pyrrole nitrogens is 1. The molecule has 0 radical (unpaired) electrons. The number of carbonyl (C=O) groups is 14. The molecule has 4 aromatic carbocycles. The van der Waals surface area contributed by atoms with Crippen LogP contribution < -0.4 is 119 Å². The van der Waals surface area contributed by atoms with E-state index in [0.717, 1.165) is 0 Å². The van der Waals surface area contributed by atoms with Crippen LogP contribution in [0.15, 0.2) is 128 Å². The van der Waals surface area contributed by atoms with E-state index in [0.29, 0.717) is 33.2 Å². The maximum Gasteiger partial charge on any atom is 0.326 e. The Morgan fingerprint density at radius 3 is 1.02 bits per heavy atom. The molecular weight excluding hydrogens is 1770 g/mol. The fourth-order valence-electron chi connectivity index (χ4n) is 14.3. The second-order valence-corrected chi connectivity index (χ2v) is 33.5. The molecule has 6 rings (SSSR count). The summed E-state index contributed by atoms with van der Waals surface area (Å²) in [6.07, 6.45) is 1.29. The van der Waals surface area contributed by atoms with E-state index in [4.69, 9.17) is 56.0 Å². The molecule has 13 amide bonds. The molecule has 738 valence electrons. The molecular formula is C89H128N28O19. The monoisotopic (exact) mass is 1890 g/mol. The highest BCUT2D eigenvalue weighted by molar-refractivity contribution is 6.01. The molecule has 2 heterocycles. The number of carboxylic acids is 1. The van der Waals surface area contributed by atoms with Gasteiger partial charge in [0.05, 0.1) is 19.1 Å². The number of aliphatic hydroxyl groups excluding tert-OH is 1. The van der Waals surface area contributed by atoms with E-state index in [9.17, 15) is 68.7 Å². The number of benzene rings is 4. The van der Waals surface area contributed by atoms with Crippen molar-refractivity contribution in [1.82, 2.24) is 95.0 Å². The van der Waals surface area contributed by atoms with Crippen molar-refractivity contribution in [2.45, 2.75) is 209 Å². The number of nitrogens with one attached hydrogen (secondary N) is 21. The number of pyridine rings is 1. The van der Waals surface area contributed by atoms with Gasteiger partial charge in [0.25, 0.3) is 0 Å². The molecule has 0 bridgehead atoms. The van der Waals surface area contributed by atoms with Gasteiger partial charge in [0.1, 0.15) is 89.8 Å². The van der Waals surface area contributed by atoms with Crippen molar-refractivity contribution in [1.29, 1.82) is 21.6 Å². The van der Waals surface area contributed by atoms with Crippen molar-refractivity contribution < 1.29 is 92.7 Å². The molecule has 0 saturated heterocycles. The molecule has 0 unspecified atom stereocenters. The van der Waals surface area contributed by atoms with Crippen molar-refractivity contribution in [3.8, 4) is 17.2 Å². The van der Waals surface area contributed by atoms with Gasteiger partial charge in [-0.25, -0.2) is 4.79 Å². The number of aliphatic carboxylic acids is 1. The minimum absolute atomic E-state index is 0.00193. The molecule has 136 heavy (non-hydrogen) atoms. The predicted octanol–water partition coefficient (Wildman–Crippen LogP) is -4.56. The lowest BCUT2D eigenvalue weighted by atomic mass is 9.99. The summed E-state index contributed by atoms with van der Waals surface area (Å²) in [6, 6.07) is 5.71. The molecule has 6 aromatic rings. The van der Waals surface area contributed by atoms with Gasteiger partial charge >= 0.3 is 5.97 Å². The predicted molar refractivity (Wildman–Crippen MR) is 501 cm³/mol. The van der Waals surface area contributed by atoms with Crippen LogP contribution in [0.1, 0.15) is 126 Å². The van der Waals surface area contributed by atoms with E-state index in [1.807, 2.05) is 13.8 Å². The van der Waals surface area contributed by atoms with Gasteiger partial charge in [-0.3, -0.25) is 89.0 Å². The number of carbonyl (C=O) groups excluding carboxylic acids is 13. The number of aromatic hydroxyl groups is 3. The minimum Gasteiger partial charge on any atom is -0.508 e. The van der Waals surface area contributed by atoms with Crippen molar-refractivity contribution in [3.05, 3.63) is 156 Å². The van der Waals surface area contributed by atoms with E-state index in [2.05, 4.69) is 95.0 Å². The first kappa shape index (κ1) is 109. The summed E-state index contributed by atoms with van der Waals surface area (Å²) in [6.45, 7) is 5.73. The van der Waals surface area contributed by atoms with Gasteiger partial charge < -0.3 is 150 Å². The molecule has 0 aliphatic heterocycles. The van der Waals surface area contributed by atoms with Crippen molar-refractivity contribution in [2.75, 3.05) is 32.8 Å². The first-order valence-corrected chi connectivity index (χ1v) is 44.2. The molecule has 47 heteroatoms. The van der Waals surface area contributed by atoms with Crippen LogP contribution in [0.3, 0.4) is 0 Å². The van der Waals surface area contributed by atoms with Crippen LogP contribution in [0, 0.1) is 33.5 Å². The topological polar surface area (TPSA) is 813 Å². The lowest BCUT2D eigenvalue weighted by Crippen LogP contribution is -2.62. The Kier molecular flexibility index (Phi) is 44.8. The van der Waals surface area contributed by atoms with E-state index in [1.165, 1.54) is 72.8 Å². The zero-order chi connectivity index (χ0) is 100. The zero-order valence-corrected chi connectivity index (χ0v) is 76.0. The number of aromatic nitrogens is 2. The van der Waals surface area contributed by atoms with Crippen LogP contribution in [0.4, 0.5) is 0 Å². The Labute approximate surface area is 784 Å². The number of amides is 13. The highest BCUT2D eigenvalue weighted by Crippen LogP contribution is 2.22. The molecule has 0 fully saturated rings. The number of guanidine groups is 4. The molecule has 0 aliphatic carbocycles. The second-order valence-electron chi connectivity index (χ2n) is 33.5. The molecule has 13 atom stereocenters. The van der Waals surface area contributed by atoms with Gasteiger partial charge in [-0.05, 0) is 159 Å². The van der Waals surface area contributed by atoms with Crippen molar-refractivity contribution in [2.24, 2.45) is 46.2 Å². The number of rotatable bonds is 58. The number of primary amides is 1. The van der Waals surface area contributed by atoms with Gasteiger partial charge in [0, 0.05) is 81.4 Å². The summed E-state index contributed by atoms with van der Waals surface area (Å²) < 4.78 is 0. The fourth-order valence-corrected chi connectivity index (χ4v) is 14.3. The van der Waals surface area contributed by atoms with Crippen molar-refractivity contribution >= 4 is 118 Å². The number of phenolic OH excluding ortho intramolecular Hbond substituents is 3. The Hall–Kier alpha value is -15.4. The Morgan fingerprint density at radius 2 is 0.669 bits per heavy atom. The maximum absolute atomic E-state index is 15.2. The van der Waals surface area contributed by atoms with Gasteiger partial charge in [0.15, 0.2) is 23.8 Å². The SMILES string of the molecule is CC(C)C[C@H](NC(=O)[C@H](Cc1ccc(O)cc1)NC(=O)[C@H](CO)NC(=O)[C@H](Cc1c[nH]c2ccccc12)NC(=O)[C@H](Cc1ccc(O)cc1)NC(=O)[C@H](CC(C)C)NC(=O)[C@@H](N)Cc1cccnc1)C(=O)N[C@@H](Cc1ccc(O)cc1)C(=O)N[C@@H](CC(N)=O)C(=O)N[C@@H](CCCNC(=N)N)C(=O)N[C@@H](CCCNC(=N)N)C(=O)N[C@@H](CCCNC(=N)N)C(=O)N[C@@H](CCCNC(=N)N)C(=O)O. The number of carboxylic acid groups (broad SMARTS) is 1. The van der Waals surface area contributed by atoms with Gasteiger partial charge in [0.2, 0.25) is 76.8 Å². The normalized spacial score (nSPS) is 13.9. The summed E-state index contributed by atoms with van der Waals surface area (Å²) in [7, 11) is 0. The first-order chi connectivity index (χ1) is 64.5. The number of hydrogen-bond donors (Lipinski definition) is 32. The number of nitrogens with zero attached hydrogens (tertiary/aromatic N) is 1. The summed E-state index contributed by atoms with van der Waals surface area (Å²) in [5.41, 5.74) is 36.7. The van der Waals surface area contributed by atoms with Crippen LogP contribution in [-0.4, -0.2) is 253 Å². The van der Waals surface area contributed by atoms with Gasteiger partial charge in [-0.2, -0.15) is 0 Å². The first-order valence-electron chi connectivity index (χ1n) is 44.2. The average molecular weight is 1890 g/mol. The highest BCUT2D eigenvalue weighted by atomic mass is 16.4. The molecule has 0 spiro atoms. The van der Waals surface area contributed by atoms with Crippen LogP contribution in [-0.2, 0) is 99.2 Å². The summed E-state index contributed by atoms with van der Waals surface area (Å²) in [5, 5.41) is 124. The summed E-state index contributed by atoms with van der Waals surface area (Å²) in [4.78, 5) is 210. The molecule has 38 N–H and O–H groups in total. The van der Waals surface area contributed by atoms with Crippen LogP contribution in [0.2, 0.25) is 0 Å². The molecule has 2 aromatic heterocycles. The van der Waals surface area contributed by atoms with Gasteiger partial charge in [-0.15, -0.1) is 0 Å². The third-order valence-electron chi connectivity index (χ3n) is 21.3. The van der Waals surface area contributed by atoms with Crippen molar-refractivity contribution in [3.63, 3.8) is 0 Å². The Morgan fingerprint density at radius 1 is 0.360 bits per heavy atom. The third kappa shape index (κ3) is 39.2. The van der Waals surface area contributed by atoms with E-state index in [-0.39, 0.29) is 144 Å². The fraction of sp³-hybridized carbons (Fsp3) is 0.449. The largest absolute Gasteiger partial charge is 0.508 e. The van der Waals surface area contributed by atoms with Crippen LogP contribution in [0.25, 0.3) is 10.9 Å². The summed E-state index contributed by atoms with van der Waals surface area (Å²) >= 11 is 0. The Balaban J connectivity index is 1.30. The number of phenols is 3. The van der Waals surface area contributed by atoms with Crippen LogP contribution in [0.5, 0.6) is 17.2 Å². The van der Waals surface area contributed by atoms with Crippen LogP contribution >= 0.6 is 0 Å². The average Bonchev–Trinajstić information content (AvgIpc) is 1.71. The minimum atomic E-state index is -2.00. The summed E-state index contributed by atoms with van der Waals surface area (Å²) in [5.74, 6) is -18.0. The van der Waals surface area contributed by atoms with E-state index in [1.54, 1.807) is 68.8 Å². The zero-order valence-electron chi connectivity index (χ0n) is 76.0. The maximum atomic E-state index is 15.2. The quantitative estimate of drug-likeness (QED) is 0.00971. The number of para-hydroxylation sites is 1. The van der Waals surface area contributed by atoms with E-state index < -0.39 is 211 Å². The molecule has 47 nitrogen and oxygen atoms in total. The molecule has 0 aliphatic rings. The number of nitrogens with two attached hydrogens (primary N) is 6. The number of fused-ring (bicyclic) bond motifs is 1. The van der Waals surface area contributed by atoms with E-state index >= 15 is 24.0 Å². The highest BCUT2D eigenvalue weighted by Gasteiger charge is 2.39.